The van der Waals surface area contributed by atoms with Gasteiger partial charge in [-0.25, -0.2) is 9.97 Å². The van der Waals surface area contributed by atoms with Crippen LogP contribution in [0, 0.1) is 0 Å². The number of fused-ring (bicyclic) bond motifs is 16. The molecule has 0 radical (unpaired) electrons. The third-order valence-electron chi connectivity index (χ3n) is 21.4. The van der Waals surface area contributed by atoms with E-state index in [2.05, 4.69) is 267 Å². The van der Waals surface area contributed by atoms with Crippen molar-refractivity contribution in [3.8, 4) is 44.5 Å². The maximum Gasteiger partial charge on any atom is 0.145 e. The number of hydrogen-bond acceptors (Lipinski definition) is 2. The van der Waals surface area contributed by atoms with Crippen LogP contribution in [-0.2, 0) is 25.7 Å². The maximum absolute atomic E-state index is 5.80. The van der Waals surface area contributed by atoms with E-state index in [0.29, 0.717) is 0 Å². The number of aryl methyl sites for hydroxylation is 4. The zero-order chi connectivity index (χ0) is 64.4. The second kappa shape index (κ2) is 25.2. The molecular formula is C92H82N4. The molecule has 4 heteroatoms. The zero-order valence-electron chi connectivity index (χ0n) is 56.0. The van der Waals surface area contributed by atoms with Crippen LogP contribution in [0.4, 0.5) is 0 Å². The number of nitrogens with zero attached hydrogens (tertiary/aromatic N) is 4. The smallest absolute Gasteiger partial charge is 0.145 e. The van der Waals surface area contributed by atoms with Crippen LogP contribution in [0.5, 0.6) is 0 Å². The van der Waals surface area contributed by atoms with Gasteiger partial charge in [-0.15, -0.1) is 0 Å². The van der Waals surface area contributed by atoms with Crippen molar-refractivity contribution in [1.29, 1.82) is 0 Å². The first kappa shape index (κ1) is 59.6. The fourth-order valence-electron chi connectivity index (χ4n) is 16.8. The van der Waals surface area contributed by atoms with Crippen LogP contribution < -0.4 is 0 Å². The standard InChI is InChI=1S/C92H82N4/c1-5-9-13-42-73-75(44-15-11-7-3)89-87(85-69-38-23-17-30-63(69)53-64-31-18-24-39-70(64)85)77-50-48-61(57-83(77)95(89)91-79(73)55-67-34-21-27-46-81(67)93-91)59-36-29-37-60(52-59)62-49-51-78-84(58-62)96-90(88(78)86-71-40-25-19-32-65(71)54-66-33-20-26-41-72(66)86)76(45-16-12-8-4)74(43-14-10-6-2)80-56-68-35-22-28-47-82(68)94-92(80)96/h17-41,46-58H,5-16,42-45H2,1-4H3. The summed E-state index contributed by atoms with van der Waals surface area (Å²) in [5, 5.41) is 17.6. The molecule has 17 rings (SSSR count). The second-order valence-electron chi connectivity index (χ2n) is 27.4. The first-order valence-electron chi connectivity index (χ1n) is 36.0. The lowest BCUT2D eigenvalue weighted by Crippen LogP contribution is -2.05. The van der Waals surface area contributed by atoms with E-state index in [1.165, 1.54) is 216 Å². The molecule has 0 amide bonds. The van der Waals surface area contributed by atoms with E-state index in [9.17, 15) is 0 Å². The molecule has 0 fully saturated rings. The minimum Gasteiger partial charge on any atom is -0.293 e. The molecule has 4 nitrogen and oxygen atoms in total. The van der Waals surface area contributed by atoms with Crippen molar-refractivity contribution in [3.05, 3.63) is 253 Å². The minimum atomic E-state index is 1.01. The molecule has 0 spiro atoms. The van der Waals surface area contributed by atoms with Gasteiger partial charge < -0.3 is 0 Å². The normalized spacial score (nSPS) is 12.2. The Balaban J connectivity index is 0.940. The SMILES string of the molecule is CCCCCc1c(CCCCC)c2c(-c3c4ccccc4cc4ccccc34)c3ccc(-c4cccc(-c5ccc6c(-c7c8ccccc8cc8ccccc78)c7c(CCCCC)c(CCCCC)c8cc9ccccc9nc8n7c6c5)c4)cc3n2c2nc3ccccc3cc12. The van der Waals surface area contributed by atoms with Gasteiger partial charge in [0.05, 0.1) is 33.1 Å². The Bertz CT molecular complexity index is 5450. The highest BCUT2D eigenvalue weighted by Gasteiger charge is 2.29. The topological polar surface area (TPSA) is 34.6 Å². The van der Waals surface area contributed by atoms with Gasteiger partial charge >= 0.3 is 0 Å². The molecule has 470 valence electrons. The molecule has 0 bridgehead atoms. The number of benzene rings is 11. The van der Waals surface area contributed by atoms with Gasteiger partial charge in [-0.1, -0.05) is 255 Å². The summed E-state index contributed by atoms with van der Waals surface area (Å²) in [5.41, 5.74) is 25.0. The Morgan fingerprint density at radius 1 is 0.250 bits per heavy atom. The molecule has 0 aliphatic carbocycles. The highest BCUT2D eigenvalue weighted by Crippen LogP contribution is 2.51. The quantitative estimate of drug-likeness (QED) is 0.0563. The highest BCUT2D eigenvalue weighted by molar-refractivity contribution is 6.24. The summed E-state index contributed by atoms with van der Waals surface area (Å²) in [6, 6.07) is 87.8. The van der Waals surface area contributed by atoms with Gasteiger partial charge in [-0.05, 0) is 194 Å². The van der Waals surface area contributed by atoms with Crippen molar-refractivity contribution in [2.45, 2.75) is 130 Å². The van der Waals surface area contributed by atoms with Gasteiger partial charge in [-0.3, -0.25) is 8.80 Å². The van der Waals surface area contributed by atoms with E-state index in [1.807, 2.05) is 0 Å². The van der Waals surface area contributed by atoms with Crippen LogP contribution in [0.3, 0.4) is 0 Å². The molecule has 0 aliphatic heterocycles. The molecule has 11 aromatic carbocycles. The monoisotopic (exact) mass is 1240 g/mol. The van der Waals surface area contributed by atoms with Crippen molar-refractivity contribution in [3.63, 3.8) is 0 Å². The van der Waals surface area contributed by atoms with E-state index in [-0.39, 0.29) is 0 Å². The summed E-state index contributed by atoms with van der Waals surface area (Å²) in [4.78, 5) is 11.6. The molecule has 6 heterocycles. The van der Waals surface area contributed by atoms with Crippen LogP contribution in [0.15, 0.2) is 231 Å². The molecule has 0 saturated carbocycles. The number of pyridine rings is 4. The van der Waals surface area contributed by atoms with Gasteiger partial charge in [0.25, 0.3) is 0 Å². The fourth-order valence-corrected chi connectivity index (χ4v) is 16.8. The Labute approximate surface area is 562 Å². The van der Waals surface area contributed by atoms with E-state index in [0.717, 1.165) is 73.7 Å². The summed E-state index contributed by atoms with van der Waals surface area (Å²) in [7, 11) is 0. The molecule has 0 saturated heterocycles. The summed E-state index contributed by atoms with van der Waals surface area (Å²) >= 11 is 0. The third-order valence-corrected chi connectivity index (χ3v) is 21.4. The fraction of sp³-hybridized carbons (Fsp3) is 0.217. The molecule has 0 N–H and O–H groups in total. The average Bonchev–Trinajstić information content (AvgIpc) is 1.68. The third kappa shape index (κ3) is 10.0. The van der Waals surface area contributed by atoms with Crippen molar-refractivity contribution in [2.75, 3.05) is 0 Å². The molecule has 0 atom stereocenters. The minimum absolute atomic E-state index is 1.01. The van der Waals surface area contributed by atoms with Crippen LogP contribution in [0.2, 0.25) is 0 Å². The maximum atomic E-state index is 5.80. The summed E-state index contributed by atoms with van der Waals surface area (Å²) in [6.45, 7) is 9.34. The molecule has 17 aromatic rings. The van der Waals surface area contributed by atoms with Crippen LogP contribution in [-0.4, -0.2) is 18.8 Å². The number of aromatic nitrogens is 4. The van der Waals surface area contributed by atoms with Crippen LogP contribution in [0.1, 0.15) is 127 Å². The van der Waals surface area contributed by atoms with Gasteiger partial charge in [0.1, 0.15) is 11.3 Å². The van der Waals surface area contributed by atoms with Crippen molar-refractivity contribution in [1.82, 2.24) is 18.8 Å². The largest absolute Gasteiger partial charge is 0.293 e. The predicted molar refractivity (Wildman–Crippen MR) is 414 cm³/mol. The van der Waals surface area contributed by atoms with Gasteiger partial charge in [0.15, 0.2) is 0 Å². The van der Waals surface area contributed by atoms with Crippen LogP contribution in [0.25, 0.3) is 164 Å². The molecule has 6 aromatic heterocycles. The summed E-state index contributed by atoms with van der Waals surface area (Å²) in [6.07, 6.45) is 18.0. The molecule has 0 unspecified atom stereocenters. The molecule has 0 aliphatic rings. The Morgan fingerprint density at radius 2 is 0.583 bits per heavy atom. The van der Waals surface area contributed by atoms with Crippen molar-refractivity contribution in [2.24, 2.45) is 0 Å². The molecular weight excluding hydrogens is 1160 g/mol. The highest BCUT2D eigenvalue weighted by atomic mass is 15.0. The lowest BCUT2D eigenvalue weighted by Gasteiger charge is -2.20. The number of para-hydroxylation sites is 2. The van der Waals surface area contributed by atoms with Crippen LogP contribution >= 0.6 is 0 Å². The summed E-state index contributed by atoms with van der Waals surface area (Å²) in [5.74, 6) is 0. The van der Waals surface area contributed by atoms with E-state index in [4.69, 9.17) is 9.97 Å². The average molecular weight is 1240 g/mol. The molecule has 96 heavy (non-hydrogen) atoms. The summed E-state index contributed by atoms with van der Waals surface area (Å²) < 4.78 is 5.24. The number of rotatable bonds is 20. The first-order valence-corrected chi connectivity index (χ1v) is 36.0. The van der Waals surface area contributed by atoms with Gasteiger partial charge in [0, 0.05) is 54.6 Å². The van der Waals surface area contributed by atoms with Crippen molar-refractivity contribution < 1.29 is 0 Å². The van der Waals surface area contributed by atoms with E-state index < -0.39 is 0 Å². The lowest BCUT2D eigenvalue weighted by molar-refractivity contribution is 0.697. The number of hydrogen-bond donors (Lipinski definition) is 0. The Hall–Kier alpha value is -10.2. The van der Waals surface area contributed by atoms with E-state index in [1.54, 1.807) is 0 Å². The Kier molecular flexibility index (Phi) is 15.6. The van der Waals surface area contributed by atoms with Crippen molar-refractivity contribution >= 4 is 120 Å². The lowest BCUT2D eigenvalue weighted by atomic mass is 9.87. The van der Waals surface area contributed by atoms with E-state index >= 15 is 0 Å². The number of unbranched alkanes of at least 4 members (excludes halogenated alkanes) is 8. The van der Waals surface area contributed by atoms with Gasteiger partial charge in [-0.2, -0.15) is 0 Å². The van der Waals surface area contributed by atoms with Gasteiger partial charge in [0.2, 0.25) is 0 Å². The zero-order valence-corrected chi connectivity index (χ0v) is 56.0. The predicted octanol–water partition coefficient (Wildman–Crippen LogP) is 26.1. The Morgan fingerprint density at radius 3 is 0.958 bits per heavy atom. The first-order chi connectivity index (χ1) is 47.5. The second-order valence-corrected chi connectivity index (χ2v) is 27.4.